The van der Waals surface area contributed by atoms with Crippen molar-refractivity contribution in [3.63, 3.8) is 0 Å². The number of hydrogen-bond acceptors (Lipinski definition) is 3. The third kappa shape index (κ3) is 3.43. The van der Waals surface area contributed by atoms with Gasteiger partial charge in [0, 0.05) is 18.3 Å². The Morgan fingerprint density at radius 3 is 2.53 bits per heavy atom. The van der Waals surface area contributed by atoms with Gasteiger partial charge in [0.15, 0.2) is 0 Å². The lowest BCUT2D eigenvalue weighted by molar-refractivity contribution is 0.130. The molecular formula is C14H22N2O. The highest BCUT2D eigenvalue weighted by Crippen LogP contribution is 2.26. The van der Waals surface area contributed by atoms with Gasteiger partial charge in [0.05, 0.1) is 0 Å². The van der Waals surface area contributed by atoms with Crippen LogP contribution in [0, 0.1) is 5.92 Å². The number of aromatic nitrogens is 1. The fourth-order valence-corrected chi connectivity index (χ4v) is 2.25. The minimum Gasteiger partial charge on any atom is -0.474 e. The Balaban J connectivity index is 1.90. The lowest BCUT2D eigenvalue weighted by Crippen LogP contribution is -2.23. The van der Waals surface area contributed by atoms with E-state index in [0.717, 1.165) is 30.2 Å². The molecular weight excluding hydrogens is 212 g/mol. The summed E-state index contributed by atoms with van der Waals surface area (Å²) in [4.78, 5) is 4.31. The number of pyridine rings is 1. The monoisotopic (exact) mass is 234 g/mol. The molecule has 1 aliphatic carbocycles. The van der Waals surface area contributed by atoms with Gasteiger partial charge in [-0.05, 0) is 44.1 Å². The van der Waals surface area contributed by atoms with Crippen LogP contribution in [0.5, 0.6) is 5.88 Å². The van der Waals surface area contributed by atoms with Crippen molar-refractivity contribution in [3.8, 4) is 5.88 Å². The zero-order chi connectivity index (χ0) is 12.3. The molecule has 0 aliphatic heterocycles. The van der Waals surface area contributed by atoms with E-state index in [1.54, 1.807) is 0 Å². The summed E-state index contributed by atoms with van der Waals surface area (Å²) in [5, 5.41) is 0. The summed E-state index contributed by atoms with van der Waals surface area (Å²) < 4.78 is 5.89. The fraction of sp³-hybridized carbons (Fsp3) is 0.643. The van der Waals surface area contributed by atoms with Crippen molar-refractivity contribution in [2.24, 2.45) is 11.7 Å². The minimum atomic E-state index is 0.0343. The molecule has 1 fully saturated rings. The Morgan fingerprint density at radius 1 is 1.29 bits per heavy atom. The van der Waals surface area contributed by atoms with Gasteiger partial charge < -0.3 is 10.5 Å². The van der Waals surface area contributed by atoms with Crippen molar-refractivity contribution in [1.29, 1.82) is 0 Å². The molecule has 1 atom stereocenters. The Labute approximate surface area is 103 Å². The number of nitrogens with two attached hydrogens (primary N) is 1. The molecule has 1 aliphatic rings. The van der Waals surface area contributed by atoms with E-state index in [0.29, 0.717) is 6.10 Å². The van der Waals surface area contributed by atoms with Crippen molar-refractivity contribution < 1.29 is 4.74 Å². The van der Waals surface area contributed by atoms with Crippen LogP contribution in [0.25, 0.3) is 0 Å². The third-order valence-electron chi connectivity index (χ3n) is 3.54. The minimum absolute atomic E-state index is 0.0343. The Bertz CT molecular complexity index is 340. The van der Waals surface area contributed by atoms with Crippen LogP contribution >= 0.6 is 0 Å². The van der Waals surface area contributed by atoms with Gasteiger partial charge in [-0.2, -0.15) is 0 Å². The number of rotatable bonds is 3. The fourth-order valence-electron chi connectivity index (χ4n) is 2.25. The molecule has 0 bridgehead atoms. The maximum Gasteiger partial charge on any atom is 0.213 e. The second-order valence-electron chi connectivity index (χ2n) is 5.22. The van der Waals surface area contributed by atoms with Gasteiger partial charge >= 0.3 is 0 Å². The maximum absolute atomic E-state index is 5.89. The first-order valence-corrected chi connectivity index (χ1v) is 6.53. The zero-order valence-electron chi connectivity index (χ0n) is 10.7. The van der Waals surface area contributed by atoms with Crippen molar-refractivity contribution in [1.82, 2.24) is 4.98 Å². The Kier molecular flexibility index (Phi) is 4.00. The van der Waals surface area contributed by atoms with Gasteiger partial charge in [0.1, 0.15) is 6.10 Å². The molecule has 1 saturated carbocycles. The van der Waals surface area contributed by atoms with E-state index in [2.05, 4.69) is 11.9 Å². The van der Waals surface area contributed by atoms with E-state index >= 15 is 0 Å². The van der Waals surface area contributed by atoms with Gasteiger partial charge in [-0.25, -0.2) is 4.98 Å². The lowest BCUT2D eigenvalue weighted by Gasteiger charge is -2.26. The SMILES string of the molecule is CC1CCC(Oc2ccc([C@@H](C)N)cn2)CC1. The topological polar surface area (TPSA) is 48.1 Å². The van der Waals surface area contributed by atoms with Crippen LogP contribution in [-0.2, 0) is 0 Å². The van der Waals surface area contributed by atoms with Gasteiger partial charge in [-0.3, -0.25) is 0 Å². The maximum atomic E-state index is 5.89. The molecule has 3 nitrogen and oxygen atoms in total. The average Bonchev–Trinajstić information content (AvgIpc) is 2.33. The van der Waals surface area contributed by atoms with Crippen LogP contribution in [0.1, 0.15) is 51.1 Å². The van der Waals surface area contributed by atoms with Gasteiger partial charge in [0.25, 0.3) is 0 Å². The molecule has 1 heterocycles. The quantitative estimate of drug-likeness (QED) is 0.874. The molecule has 0 radical (unpaired) electrons. The molecule has 3 heteroatoms. The van der Waals surface area contributed by atoms with Gasteiger partial charge in [0.2, 0.25) is 5.88 Å². The van der Waals surface area contributed by atoms with E-state index in [1.807, 2.05) is 25.3 Å². The van der Waals surface area contributed by atoms with Crippen LogP contribution in [0.3, 0.4) is 0 Å². The molecule has 2 rings (SSSR count). The molecule has 1 aromatic rings. The molecule has 2 N–H and O–H groups in total. The van der Waals surface area contributed by atoms with Crippen LogP contribution in [0.4, 0.5) is 0 Å². The molecule has 0 saturated heterocycles. The highest BCUT2D eigenvalue weighted by molar-refractivity contribution is 5.20. The van der Waals surface area contributed by atoms with Gasteiger partial charge in [-0.15, -0.1) is 0 Å². The summed E-state index contributed by atoms with van der Waals surface area (Å²) in [6.07, 6.45) is 6.99. The molecule has 0 amide bonds. The molecule has 0 spiro atoms. The predicted molar refractivity (Wildman–Crippen MR) is 68.9 cm³/mol. The van der Waals surface area contributed by atoms with Crippen molar-refractivity contribution in [3.05, 3.63) is 23.9 Å². The van der Waals surface area contributed by atoms with Crippen molar-refractivity contribution >= 4 is 0 Å². The van der Waals surface area contributed by atoms with E-state index in [1.165, 1.54) is 12.8 Å². The molecule has 17 heavy (non-hydrogen) atoms. The Hall–Kier alpha value is -1.09. The second-order valence-corrected chi connectivity index (χ2v) is 5.22. The first kappa shape index (κ1) is 12.4. The van der Waals surface area contributed by atoms with E-state index in [9.17, 15) is 0 Å². The largest absolute Gasteiger partial charge is 0.474 e. The van der Waals surface area contributed by atoms with E-state index < -0.39 is 0 Å². The zero-order valence-corrected chi connectivity index (χ0v) is 10.7. The summed E-state index contributed by atoms with van der Waals surface area (Å²) in [6.45, 7) is 4.27. The molecule has 94 valence electrons. The third-order valence-corrected chi connectivity index (χ3v) is 3.54. The predicted octanol–water partition coefficient (Wildman–Crippen LogP) is 3.06. The first-order chi connectivity index (χ1) is 8.15. The molecule has 0 aromatic carbocycles. The first-order valence-electron chi connectivity index (χ1n) is 6.53. The van der Waals surface area contributed by atoms with Crippen LogP contribution in [-0.4, -0.2) is 11.1 Å². The van der Waals surface area contributed by atoms with Crippen LogP contribution < -0.4 is 10.5 Å². The van der Waals surface area contributed by atoms with E-state index in [4.69, 9.17) is 10.5 Å². The van der Waals surface area contributed by atoms with Gasteiger partial charge in [-0.1, -0.05) is 13.0 Å². The summed E-state index contributed by atoms with van der Waals surface area (Å²) >= 11 is 0. The summed E-state index contributed by atoms with van der Waals surface area (Å²) in [7, 11) is 0. The summed E-state index contributed by atoms with van der Waals surface area (Å²) in [5.74, 6) is 1.58. The normalized spacial score (nSPS) is 26.5. The molecule has 0 unspecified atom stereocenters. The van der Waals surface area contributed by atoms with Crippen molar-refractivity contribution in [2.75, 3.05) is 0 Å². The number of ether oxygens (including phenoxy) is 1. The van der Waals surface area contributed by atoms with Crippen molar-refractivity contribution in [2.45, 2.75) is 51.7 Å². The number of hydrogen-bond donors (Lipinski definition) is 1. The standard InChI is InChI=1S/C14H22N2O/c1-10-3-6-13(7-4-10)17-14-8-5-12(9-16-14)11(2)15/h5,8-11,13H,3-4,6-7,15H2,1-2H3/t10?,11-,13?/m1/s1. The summed E-state index contributed by atoms with van der Waals surface area (Å²) in [6, 6.07) is 3.96. The highest BCUT2D eigenvalue weighted by Gasteiger charge is 2.19. The highest BCUT2D eigenvalue weighted by atomic mass is 16.5. The number of nitrogens with zero attached hydrogens (tertiary/aromatic N) is 1. The second kappa shape index (κ2) is 5.50. The lowest BCUT2D eigenvalue weighted by atomic mass is 9.89. The smallest absolute Gasteiger partial charge is 0.213 e. The van der Waals surface area contributed by atoms with E-state index in [-0.39, 0.29) is 6.04 Å². The van der Waals surface area contributed by atoms with Crippen LogP contribution in [0.15, 0.2) is 18.3 Å². The molecule has 1 aromatic heterocycles. The van der Waals surface area contributed by atoms with Crippen LogP contribution in [0.2, 0.25) is 0 Å². The summed E-state index contributed by atoms with van der Waals surface area (Å²) in [5.41, 5.74) is 6.83. The Morgan fingerprint density at radius 2 is 2.00 bits per heavy atom. The average molecular weight is 234 g/mol.